The minimum atomic E-state index is 1.00. The molecule has 2 rings (SSSR count). The van der Waals surface area contributed by atoms with Crippen molar-refractivity contribution in [3.8, 4) is 5.69 Å². The van der Waals surface area contributed by atoms with Gasteiger partial charge in [0.2, 0.25) is 0 Å². The number of benzene rings is 1. The molecule has 2 nitrogen and oxygen atoms in total. The monoisotopic (exact) mass is 297 g/mol. The van der Waals surface area contributed by atoms with E-state index in [4.69, 9.17) is 0 Å². The van der Waals surface area contributed by atoms with E-state index in [1.807, 2.05) is 30.7 Å². The Morgan fingerprint density at radius 2 is 2.14 bits per heavy atom. The van der Waals surface area contributed by atoms with Crippen molar-refractivity contribution in [3.05, 3.63) is 45.3 Å². The fourth-order valence-corrected chi connectivity index (χ4v) is 1.90. The Kier molecular flexibility index (Phi) is 2.58. The Hall–Kier alpha value is -0.840. The zero-order valence-electron chi connectivity index (χ0n) is 8.08. The summed E-state index contributed by atoms with van der Waals surface area (Å²) >= 11 is 2.29. The smallest absolute Gasteiger partial charge is 0.0738 e. The zero-order valence-corrected chi connectivity index (χ0v) is 10.2. The van der Waals surface area contributed by atoms with E-state index in [0.717, 1.165) is 17.1 Å². The van der Waals surface area contributed by atoms with Crippen molar-refractivity contribution < 1.29 is 0 Å². The lowest BCUT2D eigenvalue weighted by Crippen LogP contribution is -1.99. The molecule has 14 heavy (non-hydrogen) atoms. The normalized spacial score (nSPS) is 10.5. The molecule has 1 radical (unpaired) electrons. The number of aromatic nitrogens is 2. The van der Waals surface area contributed by atoms with Gasteiger partial charge in [-0.05, 0) is 54.6 Å². The number of hydrogen-bond donors (Lipinski definition) is 0. The van der Waals surface area contributed by atoms with Gasteiger partial charge in [-0.25, -0.2) is 4.68 Å². The average molecular weight is 297 g/mol. The molecule has 0 spiro atoms. The Bertz CT molecular complexity index is 460. The van der Waals surface area contributed by atoms with E-state index in [1.165, 1.54) is 3.57 Å². The fraction of sp³-hybridized carbons (Fsp3) is 0.182. The van der Waals surface area contributed by atoms with Gasteiger partial charge in [-0.2, -0.15) is 5.10 Å². The summed E-state index contributed by atoms with van der Waals surface area (Å²) in [6.45, 7) is 4.05. The first-order valence-corrected chi connectivity index (χ1v) is 5.45. The van der Waals surface area contributed by atoms with Gasteiger partial charge in [0.15, 0.2) is 0 Å². The predicted octanol–water partition coefficient (Wildman–Crippen LogP) is 2.89. The first-order chi connectivity index (χ1) is 6.66. The highest BCUT2D eigenvalue weighted by molar-refractivity contribution is 14.1. The summed E-state index contributed by atoms with van der Waals surface area (Å²) in [5, 5.41) is 4.40. The van der Waals surface area contributed by atoms with Crippen LogP contribution in [-0.2, 0) is 0 Å². The van der Waals surface area contributed by atoms with E-state index in [-0.39, 0.29) is 0 Å². The molecule has 3 heteroatoms. The molecule has 2 aromatic rings. The average Bonchev–Trinajstić information content (AvgIpc) is 2.45. The first-order valence-electron chi connectivity index (χ1n) is 4.38. The molecule has 1 heterocycles. The van der Waals surface area contributed by atoms with Gasteiger partial charge in [0.05, 0.1) is 11.4 Å². The van der Waals surface area contributed by atoms with Crippen molar-refractivity contribution in [2.75, 3.05) is 0 Å². The molecule has 0 saturated heterocycles. The fourth-order valence-electron chi connectivity index (χ4n) is 1.42. The topological polar surface area (TPSA) is 17.8 Å². The quantitative estimate of drug-likeness (QED) is 0.740. The van der Waals surface area contributed by atoms with Gasteiger partial charge in [0.25, 0.3) is 0 Å². The van der Waals surface area contributed by atoms with Crippen LogP contribution in [0.25, 0.3) is 5.69 Å². The molecular weight excluding hydrogens is 287 g/mol. The van der Waals surface area contributed by atoms with Gasteiger partial charge in [-0.3, -0.25) is 0 Å². The lowest BCUT2D eigenvalue weighted by Gasteiger charge is -2.03. The second-order valence-electron chi connectivity index (χ2n) is 3.23. The van der Waals surface area contributed by atoms with Gasteiger partial charge in [0.1, 0.15) is 0 Å². The second kappa shape index (κ2) is 3.73. The first kappa shape index (κ1) is 9.71. The molecule has 0 atom stereocenters. The SMILES string of the molecule is Cc1cc(C)n(-c2[c]ccc(I)c2)n1. The zero-order chi connectivity index (χ0) is 10.1. The van der Waals surface area contributed by atoms with Crippen LogP contribution in [0.4, 0.5) is 0 Å². The number of aryl methyl sites for hydroxylation is 2. The molecule has 1 aromatic heterocycles. The van der Waals surface area contributed by atoms with Crippen LogP contribution in [0.1, 0.15) is 11.4 Å². The minimum Gasteiger partial charge on any atom is -0.237 e. The highest BCUT2D eigenvalue weighted by Crippen LogP contribution is 2.14. The lowest BCUT2D eigenvalue weighted by molar-refractivity contribution is 0.832. The van der Waals surface area contributed by atoms with Crippen molar-refractivity contribution in [1.82, 2.24) is 9.78 Å². The maximum atomic E-state index is 4.40. The van der Waals surface area contributed by atoms with E-state index in [9.17, 15) is 0 Å². The van der Waals surface area contributed by atoms with Gasteiger partial charge in [-0.1, -0.05) is 6.07 Å². The molecule has 0 aliphatic heterocycles. The Morgan fingerprint density at radius 1 is 1.36 bits per heavy atom. The van der Waals surface area contributed by atoms with Crippen molar-refractivity contribution >= 4 is 22.6 Å². The van der Waals surface area contributed by atoms with Gasteiger partial charge >= 0.3 is 0 Å². The van der Waals surface area contributed by atoms with Crippen LogP contribution in [0.15, 0.2) is 24.3 Å². The largest absolute Gasteiger partial charge is 0.237 e. The van der Waals surface area contributed by atoms with E-state index >= 15 is 0 Å². The molecule has 0 amide bonds. The predicted molar refractivity (Wildman–Crippen MR) is 64.6 cm³/mol. The summed E-state index contributed by atoms with van der Waals surface area (Å²) in [7, 11) is 0. The van der Waals surface area contributed by atoms with E-state index in [2.05, 4.69) is 45.9 Å². The highest BCUT2D eigenvalue weighted by Gasteiger charge is 2.03. The van der Waals surface area contributed by atoms with Crippen LogP contribution in [-0.4, -0.2) is 9.78 Å². The minimum absolute atomic E-state index is 1.00. The molecule has 0 aliphatic rings. The van der Waals surface area contributed by atoms with Gasteiger partial charge in [-0.15, -0.1) is 0 Å². The third kappa shape index (κ3) is 1.82. The van der Waals surface area contributed by atoms with Crippen LogP contribution in [0.5, 0.6) is 0 Å². The van der Waals surface area contributed by atoms with E-state index < -0.39 is 0 Å². The lowest BCUT2D eigenvalue weighted by atomic mass is 10.3. The molecule has 0 fully saturated rings. The molecule has 0 bridgehead atoms. The Labute approximate surface area is 97.1 Å². The number of rotatable bonds is 1. The standard InChI is InChI=1S/C11H10IN2/c1-8-6-9(2)14(13-8)11-5-3-4-10(12)7-11/h3-4,6-7H,1-2H3. The van der Waals surface area contributed by atoms with Crippen molar-refractivity contribution in [1.29, 1.82) is 0 Å². The Morgan fingerprint density at radius 3 is 2.71 bits per heavy atom. The molecule has 71 valence electrons. The van der Waals surface area contributed by atoms with E-state index in [1.54, 1.807) is 0 Å². The van der Waals surface area contributed by atoms with Gasteiger partial charge in [0, 0.05) is 15.3 Å². The van der Waals surface area contributed by atoms with Crippen molar-refractivity contribution in [3.63, 3.8) is 0 Å². The summed E-state index contributed by atoms with van der Waals surface area (Å²) in [5.74, 6) is 0. The molecule has 1 aromatic carbocycles. The third-order valence-corrected chi connectivity index (χ3v) is 2.66. The summed E-state index contributed by atoms with van der Waals surface area (Å²) in [4.78, 5) is 0. The number of nitrogens with zero attached hydrogens (tertiary/aromatic N) is 2. The maximum Gasteiger partial charge on any atom is 0.0738 e. The van der Waals surface area contributed by atoms with Crippen molar-refractivity contribution in [2.24, 2.45) is 0 Å². The van der Waals surface area contributed by atoms with E-state index in [0.29, 0.717) is 0 Å². The molecule has 0 unspecified atom stereocenters. The van der Waals surface area contributed by atoms with Crippen LogP contribution >= 0.6 is 22.6 Å². The van der Waals surface area contributed by atoms with Gasteiger partial charge < -0.3 is 0 Å². The highest BCUT2D eigenvalue weighted by atomic mass is 127. The second-order valence-corrected chi connectivity index (χ2v) is 4.48. The summed E-state index contributed by atoms with van der Waals surface area (Å²) in [5.41, 5.74) is 3.18. The molecular formula is C11H10IN2. The van der Waals surface area contributed by atoms with Crippen LogP contribution < -0.4 is 0 Å². The maximum absolute atomic E-state index is 4.40. The Balaban J connectivity index is 2.54. The number of halogens is 1. The van der Waals surface area contributed by atoms with Crippen LogP contribution in [0, 0.1) is 23.5 Å². The summed E-state index contributed by atoms with van der Waals surface area (Å²) in [6, 6.07) is 11.3. The van der Waals surface area contributed by atoms with Crippen molar-refractivity contribution in [2.45, 2.75) is 13.8 Å². The third-order valence-electron chi connectivity index (χ3n) is 1.99. The summed E-state index contributed by atoms with van der Waals surface area (Å²) in [6.07, 6.45) is 0. The molecule has 0 saturated carbocycles. The summed E-state index contributed by atoms with van der Waals surface area (Å²) < 4.78 is 3.11. The number of hydrogen-bond acceptors (Lipinski definition) is 1. The van der Waals surface area contributed by atoms with Crippen LogP contribution in [0.2, 0.25) is 0 Å². The van der Waals surface area contributed by atoms with Crippen LogP contribution in [0.3, 0.4) is 0 Å². The molecule has 0 N–H and O–H groups in total. The molecule has 0 aliphatic carbocycles.